The lowest BCUT2D eigenvalue weighted by Gasteiger charge is -2.09. The summed E-state index contributed by atoms with van der Waals surface area (Å²) in [5.41, 5.74) is 0. The Labute approximate surface area is 110 Å². The van der Waals surface area contributed by atoms with Crippen LogP contribution in [0.3, 0.4) is 0 Å². The van der Waals surface area contributed by atoms with Gasteiger partial charge in [0.15, 0.2) is 0 Å². The Morgan fingerprint density at radius 1 is 1.35 bits per heavy atom. The SMILES string of the molecule is O=C(CC1CCCC1)Nc1cc(Cl)nc(Cl)n1. The predicted molar refractivity (Wildman–Crippen MR) is 67.3 cm³/mol. The first kappa shape index (κ1) is 12.6. The third-order valence-corrected chi connectivity index (χ3v) is 3.25. The van der Waals surface area contributed by atoms with Gasteiger partial charge in [0, 0.05) is 12.5 Å². The zero-order valence-corrected chi connectivity index (χ0v) is 10.8. The molecule has 2 rings (SSSR count). The van der Waals surface area contributed by atoms with Crippen LogP contribution in [0.15, 0.2) is 6.07 Å². The summed E-state index contributed by atoms with van der Waals surface area (Å²) in [5, 5.41) is 2.95. The van der Waals surface area contributed by atoms with Gasteiger partial charge in [0.1, 0.15) is 11.0 Å². The van der Waals surface area contributed by atoms with Crippen LogP contribution >= 0.6 is 23.2 Å². The number of rotatable bonds is 3. The molecule has 0 unspecified atom stereocenters. The van der Waals surface area contributed by atoms with E-state index in [1.165, 1.54) is 18.9 Å². The van der Waals surface area contributed by atoms with Crippen LogP contribution in [0.25, 0.3) is 0 Å². The third kappa shape index (κ3) is 3.82. The van der Waals surface area contributed by atoms with E-state index in [-0.39, 0.29) is 16.3 Å². The first-order chi connectivity index (χ1) is 8.13. The zero-order valence-electron chi connectivity index (χ0n) is 9.25. The maximum Gasteiger partial charge on any atom is 0.225 e. The maximum atomic E-state index is 11.7. The van der Waals surface area contributed by atoms with Crippen molar-refractivity contribution in [2.24, 2.45) is 5.92 Å². The normalized spacial score (nSPS) is 16.1. The Hall–Kier alpha value is -0.870. The quantitative estimate of drug-likeness (QED) is 0.679. The first-order valence-corrected chi connectivity index (χ1v) is 6.39. The molecule has 1 aromatic rings. The number of anilines is 1. The van der Waals surface area contributed by atoms with Gasteiger partial charge in [-0.05, 0) is 30.4 Å². The van der Waals surface area contributed by atoms with Gasteiger partial charge < -0.3 is 5.32 Å². The molecule has 0 bridgehead atoms. The van der Waals surface area contributed by atoms with Gasteiger partial charge in [-0.2, -0.15) is 0 Å². The van der Waals surface area contributed by atoms with Crippen molar-refractivity contribution < 1.29 is 4.79 Å². The summed E-state index contributed by atoms with van der Waals surface area (Å²) in [4.78, 5) is 19.3. The summed E-state index contributed by atoms with van der Waals surface area (Å²) >= 11 is 11.4. The van der Waals surface area contributed by atoms with Gasteiger partial charge in [-0.1, -0.05) is 24.4 Å². The van der Waals surface area contributed by atoms with Crippen molar-refractivity contribution in [2.45, 2.75) is 32.1 Å². The van der Waals surface area contributed by atoms with Crippen LogP contribution in [-0.2, 0) is 4.79 Å². The lowest BCUT2D eigenvalue weighted by molar-refractivity contribution is -0.117. The monoisotopic (exact) mass is 273 g/mol. The van der Waals surface area contributed by atoms with E-state index in [2.05, 4.69) is 15.3 Å². The number of nitrogens with zero attached hydrogens (tertiary/aromatic N) is 2. The number of nitrogens with one attached hydrogen (secondary N) is 1. The smallest absolute Gasteiger partial charge is 0.225 e. The molecule has 0 atom stereocenters. The fourth-order valence-electron chi connectivity index (χ4n) is 2.12. The van der Waals surface area contributed by atoms with Crippen LogP contribution in [0, 0.1) is 5.92 Å². The van der Waals surface area contributed by atoms with Gasteiger partial charge in [-0.15, -0.1) is 0 Å². The number of halogens is 2. The molecule has 4 nitrogen and oxygen atoms in total. The Morgan fingerprint density at radius 3 is 2.71 bits per heavy atom. The largest absolute Gasteiger partial charge is 0.311 e. The number of hydrogen-bond acceptors (Lipinski definition) is 3. The van der Waals surface area contributed by atoms with Gasteiger partial charge in [0.2, 0.25) is 11.2 Å². The molecule has 6 heteroatoms. The highest BCUT2D eigenvalue weighted by Crippen LogP contribution is 2.27. The van der Waals surface area contributed by atoms with Crippen molar-refractivity contribution in [1.82, 2.24) is 9.97 Å². The lowest BCUT2D eigenvalue weighted by atomic mass is 10.0. The molecular weight excluding hydrogens is 261 g/mol. The molecule has 1 aliphatic rings. The standard InChI is InChI=1S/C11H13Cl2N3O/c12-8-6-9(16-11(13)14-8)15-10(17)5-7-3-1-2-4-7/h6-7H,1-5H2,(H,14,15,16,17). The van der Waals surface area contributed by atoms with Crippen molar-refractivity contribution >= 4 is 34.9 Å². The summed E-state index contributed by atoms with van der Waals surface area (Å²) in [7, 11) is 0. The second kappa shape index (κ2) is 5.65. The minimum atomic E-state index is -0.0391. The number of amides is 1. The summed E-state index contributed by atoms with van der Waals surface area (Å²) in [6.45, 7) is 0. The van der Waals surface area contributed by atoms with E-state index in [9.17, 15) is 4.79 Å². The topological polar surface area (TPSA) is 54.9 Å². The van der Waals surface area contributed by atoms with E-state index in [1.54, 1.807) is 0 Å². The average Bonchev–Trinajstić information content (AvgIpc) is 2.67. The lowest BCUT2D eigenvalue weighted by Crippen LogP contribution is -2.16. The summed E-state index contributed by atoms with van der Waals surface area (Å²) in [5.74, 6) is 0.823. The van der Waals surface area contributed by atoms with E-state index in [4.69, 9.17) is 23.2 Å². The molecule has 0 saturated heterocycles. The molecule has 0 aromatic carbocycles. The van der Waals surface area contributed by atoms with E-state index in [0.29, 0.717) is 18.2 Å². The Morgan fingerprint density at radius 2 is 2.06 bits per heavy atom. The van der Waals surface area contributed by atoms with Crippen molar-refractivity contribution in [3.05, 3.63) is 16.5 Å². The van der Waals surface area contributed by atoms with Crippen LogP contribution in [0.2, 0.25) is 10.4 Å². The highest BCUT2D eigenvalue weighted by molar-refractivity contribution is 6.32. The second-order valence-corrected chi connectivity index (χ2v) is 4.97. The van der Waals surface area contributed by atoms with Gasteiger partial charge in [0.05, 0.1) is 0 Å². The van der Waals surface area contributed by atoms with Gasteiger partial charge in [-0.3, -0.25) is 4.79 Å². The van der Waals surface area contributed by atoms with E-state index >= 15 is 0 Å². The molecule has 1 saturated carbocycles. The molecule has 1 aliphatic carbocycles. The first-order valence-electron chi connectivity index (χ1n) is 5.63. The maximum absolute atomic E-state index is 11.7. The van der Waals surface area contributed by atoms with Crippen molar-refractivity contribution in [1.29, 1.82) is 0 Å². The van der Waals surface area contributed by atoms with E-state index in [0.717, 1.165) is 12.8 Å². The van der Waals surface area contributed by atoms with Gasteiger partial charge >= 0.3 is 0 Å². The average molecular weight is 274 g/mol. The summed E-state index contributed by atoms with van der Waals surface area (Å²) < 4.78 is 0. The van der Waals surface area contributed by atoms with Crippen molar-refractivity contribution in [3.8, 4) is 0 Å². The molecule has 0 spiro atoms. The number of carbonyl (C=O) groups excluding carboxylic acids is 1. The molecular formula is C11H13Cl2N3O. The number of carbonyl (C=O) groups is 1. The molecule has 17 heavy (non-hydrogen) atoms. The van der Waals surface area contributed by atoms with Crippen LogP contribution in [0.1, 0.15) is 32.1 Å². The van der Waals surface area contributed by atoms with Crippen molar-refractivity contribution in [3.63, 3.8) is 0 Å². The third-order valence-electron chi connectivity index (χ3n) is 2.88. The number of aromatic nitrogens is 2. The fraction of sp³-hybridized carbons (Fsp3) is 0.545. The molecule has 0 aliphatic heterocycles. The Kier molecular flexibility index (Phi) is 4.18. The van der Waals surface area contributed by atoms with Crippen LogP contribution in [0.4, 0.5) is 5.82 Å². The van der Waals surface area contributed by atoms with Gasteiger partial charge in [-0.25, -0.2) is 9.97 Å². The minimum Gasteiger partial charge on any atom is -0.311 e. The van der Waals surface area contributed by atoms with Crippen LogP contribution in [0.5, 0.6) is 0 Å². The Balaban J connectivity index is 1.92. The second-order valence-electron chi connectivity index (χ2n) is 4.25. The van der Waals surface area contributed by atoms with Crippen LogP contribution in [-0.4, -0.2) is 15.9 Å². The van der Waals surface area contributed by atoms with E-state index in [1.807, 2.05) is 0 Å². The van der Waals surface area contributed by atoms with E-state index < -0.39 is 0 Å². The predicted octanol–water partition coefficient (Wildman–Crippen LogP) is 3.30. The molecule has 0 radical (unpaired) electrons. The minimum absolute atomic E-state index is 0.0358. The molecule has 1 heterocycles. The van der Waals surface area contributed by atoms with Gasteiger partial charge in [0.25, 0.3) is 0 Å². The molecule has 1 amide bonds. The molecule has 1 aromatic heterocycles. The van der Waals surface area contributed by atoms with Crippen LogP contribution < -0.4 is 5.32 Å². The highest BCUT2D eigenvalue weighted by Gasteiger charge is 2.18. The highest BCUT2D eigenvalue weighted by atomic mass is 35.5. The number of hydrogen-bond donors (Lipinski definition) is 1. The fourth-order valence-corrected chi connectivity index (χ4v) is 2.53. The molecule has 1 N–H and O–H groups in total. The Bertz CT molecular complexity index is 399. The summed E-state index contributed by atoms with van der Waals surface area (Å²) in [6, 6.07) is 1.49. The molecule has 92 valence electrons. The molecule has 1 fully saturated rings. The van der Waals surface area contributed by atoms with Crippen molar-refractivity contribution in [2.75, 3.05) is 5.32 Å². The zero-order chi connectivity index (χ0) is 12.3. The summed E-state index contributed by atoms with van der Waals surface area (Å²) in [6.07, 6.45) is 5.27.